The lowest BCUT2D eigenvalue weighted by atomic mass is 9.96. The molecular formula is C23H17ClF2N2O2. The van der Waals surface area contributed by atoms with Crippen molar-refractivity contribution in [1.82, 2.24) is 5.01 Å². The lowest BCUT2D eigenvalue weighted by molar-refractivity contribution is -0.0192. The second-order valence-corrected chi connectivity index (χ2v) is 7.64. The summed E-state index contributed by atoms with van der Waals surface area (Å²) in [6.07, 6.45) is -0.0574. The van der Waals surface area contributed by atoms with E-state index >= 15 is 0 Å². The van der Waals surface area contributed by atoms with Crippen LogP contribution in [0.4, 0.5) is 8.78 Å². The molecule has 0 unspecified atom stereocenters. The molecule has 0 saturated heterocycles. The van der Waals surface area contributed by atoms with Crippen molar-refractivity contribution in [2.24, 2.45) is 5.10 Å². The van der Waals surface area contributed by atoms with Gasteiger partial charge in [0.15, 0.2) is 11.6 Å². The van der Waals surface area contributed by atoms with Gasteiger partial charge < -0.3 is 9.47 Å². The molecule has 0 spiro atoms. The third kappa shape index (κ3) is 3.17. The minimum Gasteiger partial charge on any atom is -0.497 e. The van der Waals surface area contributed by atoms with Gasteiger partial charge in [0.25, 0.3) is 0 Å². The third-order valence-electron chi connectivity index (χ3n) is 5.40. The molecule has 0 fully saturated rings. The molecule has 152 valence electrons. The van der Waals surface area contributed by atoms with E-state index < -0.39 is 17.9 Å². The van der Waals surface area contributed by atoms with Crippen molar-refractivity contribution in [2.45, 2.75) is 18.7 Å². The van der Waals surface area contributed by atoms with Crippen molar-refractivity contribution in [1.29, 1.82) is 0 Å². The Hall–Kier alpha value is -3.12. The lowest BCUT2D eigenvalue weighted by Crippen LogP contribution is -2.33. The molecule has 30 heavy (non-hydrogen) atoms. The topological polar surface area (TPSA) is 34.1 Å². The smallest absolute Gasteiger partial charge is 0.213 e. The summed E-state index contributed by atoms with van der Waals surface area (Å²) in [4.78, 5) is 0. The highest BCUT2D eigenvalue weighted by Crippen LogP contribution is 2.48. The van der Waals surface area contributed by atoms with Gasteiger partial charge in [-0.05, 0) is 60.2 Å². The number of hydrazone groups is 1. The Kier molecular flexibility index (Phi) is 4.59. The molecule has 2 aliphatic heterocycles. The summed E-state index contributed by atoms with van der Waals surface area (Å²) < 4.78 is 38.8. The van der Waals surface area contributed by atoms with Gasteiger partial charge in [-0.2, -0.15) is 5.10 Å². The Morgan fingerprint density at radius 3 is 2.57 bits per heavy atom. The number of nitrogens with zero attached hydrogens (tertiary/aromatic N) is 2. The number of fused-ring (bicyclic) bond motifs is 3. The third-order valence-corrected chi connectivity index (χ3v) is 5.64. The average molecular weight is 427 g/mol. The summed E-state index contributed by atoms with van der Waals surface area (Å²) in [6, 6.07) is 16.7. The van der Waals surface area contributed by atoms with Gasteiger partial charge in [0.2, 0.25) is 6.23 Å². The molecule has 0 amide bonds. The second kappa shape index (κ2) is 7.29. The molecule has 2 heterocycles. The van der Waals surface area contributed by atoms with Crippen LogP contribution in [0.2, 0.25) is 5.02 Å². The highest BCUT2D eigenvalue weighted by atomic mass is 35.5. The van der Waals surface area contributed by atoms with Crippen LogP contribution >= 0.6 is 11.6 Å². The Morgan fingerprint density at radius 2 is 1.83 bits per heavy atom. The highest BCUT2D eigenvalue weighted by Gasteiger charge is 2.41. The van der Waals surface area contributed by atoms with E-state index in [0.29, 0.717) is 22.8 Å². The van der Waals surface area contributed by atoms with E-state index in [1.54, 1.807) is 24.3 Å². The molecule has 7 heteroatoms. The van der Waals surface area contributed by atoms with Gasteiger partial charge in [-0.1, -0.05) is 17.7 Å². The van der Waals surface area contributed by atoms with E-state index in [1.165, 1.54) is 6.07 Å². The maximum absolute atomic E-state index is 13.9. The minimum absolute atomic E-state index is 0.136. The highest BCUT2D eigenvalue weighted by molar-refractivity contribution is 6.30. The molecule has 3 aromatic carbocycles. The Morgan fingerprint density at radius 1 is 1.03 bits per heavy atom. The number of benzene rings is 3. The lowest BCUT2D eigenvalue weighted by Gasteiger charge is -2.38. The Balaban J connectivity index is 1.58. The van der Waals surface area contributed by atoms with Crippen molar-refractivity contribution in [3.63, 3.8) is 0 Å². The summed E-state index contributed by atoms with van der Waals surface area (Å²) in [7, 11) is 1.62. The number of hydrogen-bond acceptors (Lipinski definition) is 4. The first-order valence-electron chi connectivity index (χ1n) is 9.45. The minimum atomic E-state index is -0.923. The van der Waals surface area contributed by atoms with Gasteiger partial charge in [0.05, 0.1) is 18.9 Å². The van der Waals surface area contributed by atoms with Crippen molar-refractivity contribution in [2.75, 3.05) is 7.11 Å². The standard InChI is InChI=1S/C23H17ClF2N2O2/c1-29-16-6-2-13(3-7-16)20-12-21-17-11-15(24)5-9-22(17)30-23(28(21)27-20)14-4-8-18(25)19(26)10-14/h2-11,21,23H,12H2,1H3/t21-,23-/m1/s1. The predicted octanol–water partition coefficient (Wildman–Crippen LogP) is 5.87. The number of rotatable bonds is 3. The summed E-state index contributed by atoms with van der Waals surface area (Å²) >= 11 is 6.23. The van der Waals surface area contributed by atoms with Crippen LogP contribution in [0.5, 0.6) is 11.5 Å². The Bertz CT molecular complexity index is 1150. The van der Waals surface area contributed by atoms with Crippen molar-refractivity contribution < 1.29 is 18.3 Å². The average Bonchev–Trinajstić information content (AvgIpc) is 3.21. The van der Waals surface area contributed by atoms with Crippen LogP contribution in [0.1, 0.15) is 35.4 Å². The van der Waals surface area contributed by atoms with Gasteiger partial charge >= 0.3 is 0 Å². The second-order valence-electron chi connectivity index (χ2n) is 7.20. The summed E-state index contributed by atoms with van der Waals surface area (Å²) in [5, 5.41) is 7.19. The quantitative estimate of drug-likeness (QED) is 0.525. The number of hydrogen-bond donors (Lipinski definition) is 0. The van der Waals surface area contributed by atoms with Crippen molar-refractivity contribution >= 4 is 17.3 Å². The molecule has 3 aromatic rings. The van der Waals surface area contributed by atoms with Gasteiger partial charge in [-0.25, -0.2) is 13.8 Å². The van der Waals surface area contributed by atoms with Crippen LogP contribution in [0.3, 0.4) is 0 Å². The molecule has 0 saturated carbocycles. The van der Waals surface area contributed by atoms with Gasteiger partial charge in [0.1, 0.15) is 11.5 Å². The molecule has 0 radical (unpaired) electrons. The van der Waals surface area contributed by atoms with Gasteiger partial charge in [-0.15, -0.1) is 0 Å². The molecule has 0 bridgehead atoms. The zero-order valence-electron chi connectivity index (χ0n) is 16.0. The number of methoxy groups -OCH3 is 1. The fourth-order valence-electron chi connectivity index (χ4n) is 3.90. The van der Waals surface area contributed by atoms with Crippen LogP contribution in [0, 0.1) is 11.6 Å². The van der Waals surface area contributed by atoms with Crippen LogP contribution < -0.4 is 9.47 Å². The molecule has 4 nitrogen and oxygen atoms in total. The molecule has 2 aliphatic rings. The zero-order chi connectivity index (χ0) is 20.8. The van der Waals surface area contributed by atoms with Crippen LogP contribution in [0.25, 0.3) is 0 Å². The van der Waals surface area contributed by atoms with Gasteiger partial charge in [-0.3, -0.25) is 0 Å². The fraction of sp³-hybridized carbons (Fsp3) is 0.174. The summed E-state index contributed by atoms with van der Waals surface area (Å²) in [5.41, 5.74) is 3.22. The largest absolute Gasteiger partial charge is 0.497 e. The predicted molar refractivity (Wildman–Crippen MR) is 110 cm³/mol. The number of halogens is 3. The number of ether oxygens (including phenoxy) is 2. The molecule has 0 N–H and O–H groups in total. The molecule has 5 rings (SSSR count). The zero-order valence-corrected chi connectivity index (χ0v) is 16.7. The van der Waals surface area contributed by atoms with Crippen molar-refractivity contribution in [3.05, 3.63) is 94.0 Å². The van der Waals surface area contributed by atoms with E-state index in [9.17, 15) is 8.78 Å². The first-order chi connectivity index (χ1) is 14.5. The normalized spacial score (nSPS) is 19.6. The van der Waals surface area contributed by atoms with E-state index in [2.05, 4.69) is 0 Å². The van der Waals surface area contributed by atoms with Gasteiger partial charge in [0, 0.05) is 22.6 Å². The van der Waals surface area contributed by atoms with E-state index in [4.69, 9.17) is 26.2 Å². The molecule has 0 aliphatic carbocycles. The Labute approximate surface area is 177 Å². The SMILES string of the molecule is COc1ccc(C2=NN3[C@H](C2)c2cc(Cl)ccc2O[C@@H]3c2ccc(F)c(F)c2)cc1. The van der Waals surface area contributed by atoms with E-state index in [-0.39, 0.29) is 6.04 Å². The monoisotopic (exact) mass is 426 g/mol. The van der Waals surface area contributed by atoms with E-state index in [0.717, 1.165) is 34.7 Å². The maximum Gasteiger partial charge on any atom is 0.213 e. The van der Waals surface area contributed by atoms with Crippen LogP contribution in [-0.2, 0) is 0 Å². The molecule has 2 atom stereocenters. The fourth-order valence-corrected chi connectivity index (χ4v) is 4.08. The van der Waals surface area contributed by atoms with E-state index in [1.807, 2.05) is 30.3 Å². The van der Waals surface area contributed by atoms with Crippen LogP contribution in [-0.4, -0.2) is 17.8 Å². The molecular weight excluding hydrogens is 410 g/mol. The summed E-state index contributed by atoms with van der Waals surface area (Å²) in [6.45, 7) is 0. The maximum atomic E-state index is 13.9. The summed E-state index contributed by atoms with van der Waals surface area (Å²) in [5.74, 6) is -0.410. The first kappa shape index (κ1) is 18.9. The molecule has 0 aromatic heterocycles. The first-order valence-corrected chi connectivity index (χ1v) is 9.82. The van der Waals surface area contributed by atoms with Crippen LogP contribution in [0.15, 0.2) is 65.8 Å². The van der Waals surface area contributed by atoms with Crippen molar-refractivity contribution in [3.8, 4) is 11.5 Å².